The molecule has 2 unspecified atom stereocenters. The van der Waals surface area contributed by atoms with E-state index in [1.807, 2.05) is 18.2 Å². The van der Waals surface area contributed by atoms with E-state index >= 15 is 0 Å². The second-order valence-electron chi connectivity index (χ2n) is 7.20. The fourth-order valence-corrected chi connectivity index (χ4v) is 2.73. The Bertz CT molecular complexity index is 586. The van der Waals surface area contributed by atoms with Gasteiger partial charge in [0.25, 0.3) is 0 Å². The Morgan fingerprint density at radius 3 is 2.80 bits per heavy atom. The van der Waals surface area contributed by atoms with E-state index in [2.05, 4.69) is 10.3 Å². The maximum Gasteiger partial charge on any atom is 0.407 e. The predicted molar refractivity (Wildman–Crippen MR) is 92.8 cm³/mol. The first kappa shape index (κ1) is 19.2. The van der Waals surface area contributed by atoms with E-state index in [9.17, 15) is 9.59 Å². The van der Waals surface area contributed by atoms with Gasteiger partial charge in [0.05, 0.1) is 24.3 Å². The van der Waals surface area contributed by atoms with Gasteiger partial charge < -0.3 is 19.7 Å². The van der Waals surface area contributed by atoms with Crippen LogP contribution < -0.4 is 5.32 Å². The Kier molecular flexibility index (Phi) is 6.36. The average molecular weight is 349 g/mol. The van der Waals surface area contributed by atoms with Crippen molar-refractivity contribution in [1.82, 2.24) is 15.2 Å². The molecule has 1 aromatic heterocycles. The van der Waals surface area contributed by atoms with Crippen molar-refractivity contribution in [3.05, 3.63) is 30.1 Å². The number of pyridine rings is 1. The van der Waals surface area contributed by atoms with Crippen LogP contribution in [-0.4, -0.2) is 53.8 Å². The minimum atomic E-state index is -0.557. The molecule has 1 N–H and O–H groups in total. The molecule has 1 saturated heterocycles. The summed E-state index contributed by atoms with van der Waals surface area (Å²) in [7, 11) is 1.76. The summed E-state index contributed by atoms with van der Waals surface area (Å²) in [5.74, 6) is -0.275. The summed E-state index contributed by atoms with van der Waals surface area (Å²) >= 11 is 0. The standard InChI is InChI=1S/C18H27N3O4/c1-18(2,3)25-17(23)20-11-15-14(8-10-24-15)16(22)21(4)12-13-7-5-6-9-19-13/h5-7,9,14-15H,8,10-12H2,1-4H3,(H,20,23). The van der Waals surface area contributed by atoms with Gasteiger partial charge in [0.2, 0.25) is 5.91 Å². The van der Waals surface area contributed by atoms with E-state index in [0.717, 1.165) is 5.69 Å². The molecule has 25 heavy (non-hydrogen) atoms. The van der Waals surface area contributed by atoms with Gasteiger partial charge in [-0.3, -0.25) is 9.78 Å². The molecule has 2 amide bonds. The lowest BCUT2D eigenvalue weighted by Gasteiger charge is -2.25. The second-order valence-corrected chi connectivity index (χ2v) is 7.20. The van der Waals surface area contributed by atoms with Gasteiger partial charge in [0.15, 0.2) is 0 Å². The molecule has 1 aliphatic rings. The fourth-order valence-electron chi connectivity index (χ4n) is 2.73. The lowest BCUT2D eigenvalue weighted by molar-refractivity contribution is -0.136. The number of ether oxygens (including phenoxy) is 2. The summed E-state index contributed by atoms with van der Waals surface area (Å²) in [6.45, 7) is 6.62. The number of aromatic nitrogens is 1. The van der Waals surface area contributed by atoms with E-state index in [1.165, 1.54) is 0 Å². The highest BCUT2D eigenvalue weighted by Crippen LogP contribution is 2.23. The van der Waals surface area contributed by atoms with Crippen LogP contribution in [0.3, 0.4) is 0 Å². The maximum atomic E-state index is 12.7. The number of carbonyl (C=O) groups is 2. The van der Waals surface area contributed by atoms with Gasteiger partial charge in [0, 0.05) is 26.4 Å². The number of carbonyl (C=O) groups excluding carboxylic acids is 2. The van der Waals surface area contributed by atoms with Crippen molar-refractivity contribution in [3.8, 4) is 0 Å². The summed E-state index contributed by atoms with van der Waals surface area (Å²) in [5.41, 5.74) is 0.277. The molecular formula is C18H27N3O4. The number of rotatable bonds is 5. The normalized spacial score (nSPS) is 20.2. The molecule has 7 heteroatoms. The molecule has 2 rings (SSSR count). The SMILES string of the molecule is CN(Cc1ccccn1)C(=O)C1CCOC1CNC(=O)OC(C)(C)C. The first-order valence-electron chi connectivity index (χ1n) is 8.49. The first-order chi connectivity index (χ1) is 11.8. The van der Waals surface area contributed by atoms with E-state index in [4.69, 9.17) is 9.47 Å². The zero-order valence-electron chi connectivity index (χ0n) is 15.3. The minimum absolute atomic E-state index is 0.000795. The number of hydrogen-bond donors (Lipinski definition) is 1. The molecule has 1 fully saturated rings. The number of alkyl carbamates (subject to hydrolysis) is 1. The van der Waals surface area contributed by atoms with Crippen molar-refractivity contribution in [2.24, 2.45) is 5.92 Å². The molecule has 0 spiro atoms. The molecule has 1 aliphatic heterocycles. The lowest BCUT2D eigenvalue weighted by Crippen LogP contribution is -2.43. The van der Waals surface area contributed by atoms with Gasteiger partial charge in [-0.15, -0.1) is 0 Å². The Morgan fingerprint density at radius 2 is 2.16 bits per heavy atom. The van der Waals surface area contributed by atoms with E-state index in [1.54, 1.807) is 38.9 Å². The second kappa shape index (κ2) is 8.29. The summed E-state index contributed by atoms with van der Waals surface area (Å²) in [5, 5.41) is 2.69. The van der Waals surface area contributed by atoms with Crippen LogP contribution in [0.5, 0.6) is 0 Å². The van der Waals surface area contributed by atoms with E-state index in [-0.39, 0.29) is 24.5 Å². The molecule has 0 aromatic carbocycles. The molecule has 2 atom stereocenters. The molecule has 0 radical (unpaired) electrons. The van der Waals surface area contributed by atoms with Crippen LogP contribution in [0, 0.1) is 5.92 Å². The molecule has 0 saturated carbocycles. The highest BCUT2D eigenvalue weighted by molar-refractivity contribution is 5.79. The summed E-state index contributed by atoms with van der Waals surface area (Å²) in [4.78, 5) is 30.4. The monoisotopic (exact) mass is 349 g/mol. The summed E-state index contributed by atoms with van der Waals surface area (Å²) in [6, 6.07) is 5.62. The van der Waals surface area contributed by atoms with Gasteiger partial charge >= 0.3 is 6.09 Å². The number of amides is 2. The Morgan fingerprint density at radius 1 is 1.40 bits per heavy atom. The van der Waals surface area contributed by atoms with Crippen LogP contribution in [0.4, 0.5) is 4.79 Å². The molecular weight excluding hydrogens is 322 g/mol. The molecule has 0 aliphatic carbocycles. The van der Waals surface area contributed by atoms with Gasteiger partial charge in [-0.2, -0.15) is 0 Å². The smallest absolute Gasteiger partial charge is 0.407 e. The summed E-state index contributed by atoms with van der Waals surface area (Å²) in [6.07, 6.45) is 1.51. The quantitative estimate of drug-likeness (QED) is 0.879. The Hall–Kier alpha value is -2.15. The van der Waals surface area contributed by atoms with Crippen LogP contribution in [0.25, 0.3) is 0 Å². The van der Waals surface area contributed by atoms with Gasteiger partial charge in [0.1, 0.15) is 5.60 Å². The van der Waals surface area contributed by atoms with Gasteiger partial charge in [-0.25, -0.2) is 4.79 Å². The third-order valence-corrected chi connectivity index (χ3v) is 3.87. The largest absolute Gasteiger partial charge is 0.444 e. The van der Waals surface area contributed by atoms with Gasteiger partial charge in [-0.05, 0) is 39.3 Å². The van der Waals surface area contributed by atoms with Crippen molar-refractivity contribution in [1.29, 1.82) is 0 Å². The molecule has 1 aromatic rings. The average Bonchev–Trinajstić information content (AvgIpc) is 3.00. The van der Waals surface area contributed by atoms with Crippen LogP contribution in [0.15, 0.2) is 24.4 Å². The summed E-state index contributed by atoms with van der Waals surface area (Å²) < 4.78 is 10.8. The molecule has 0 bridgehead atoms. The van der Waals surface area contributed by atoms with Crippen LogP contribution in [0.1, 0.15) is 32.9 Å². The van der Waals surface area contributed by atoms with Gasteiger partial charge in [-0.1, -0.05) is 6.07 Å². The van der Waals surface area contributed by atoms with Crippen LogP contribution in [0.2, 0.25) is 0 Å². The zero-order valence-corrected chi connectivity index (χ0v) is 15.3. The predicted octanol–water partition coefficient (Wildman–Crippen LogP) is 1.97. The highest BCUT2D eigenvalue weighted by Gasteiger charge is 2.36. The third kappa shape index (κ3) is 6.01. The lowest BCUT2D eigenvalue weighted by atomic mass is 9.99. The van der Waals surface area contributed by atoms with Crippen molar-refractivity contribution < 1.29 is 19.1 Å². The topological polar surface area (TPSA) is 80.8 Å². The minimum Gasteiger partial charge on any atom is -0.444 e. The Balaban J connectivity index is 1.87. The van der Waals surface area contributed by atoms with Crippen LogP contribution in [-0.2, 0) is 20.8 Å². The van der Waals surface area contributed by atoms with Crippen molar-refractivity contribution in [2.45, 2.75) is 45.4 Å². The zero-order chi connectivity index (χ0) is 18.4. The van der Waals surface area contributed by atoms with E-state index in [0.29, 0.717) is 19.6 Å². The van der Waals surface area contributed by atoms with Crippen molar-refractivity contribution in [2.75, 3.05) is 20.2 Å². The number of nitrogens with one attached hydrogen (secondary N) is 1. The van der Waals surface area contributed by atoms with Crippen molar-refractivity contribution in [3.63, 3.8) is 0 Å². The maximum absolute atomic E-state index is 12.7. The third-order valence-electron chi connectivity index (χ3n) is 3.87. The molecule has 138 valence electrons. The molecule has 7 nitrogen and oxygen atoms in total. The first-order valence-corrected chi connectivity index (χ1v) is 8.49. The molecule has 2 heterocycles. The van der Waals surface area contributed by atoms with Crippen LogP contribution >= 0.6 is 0 Å². The Labute approximate surface area is 148 Å². The van der Waals surface area contributed by atoms with E-state index < -0.39 is 11.7 Å². The highest BCUT2D eigenvalue weighted by atomic mass is 16.6. The van der Waals surface area contributed by atoms with Crippen molar-refractivity contribution >= 4 is 12.0 Å². The number of hydrogen-bond acceptors (Lipinski definition) is 5. The fraction of sp³-hybridized carbons (Fsp3) is 0.611. The number of nitrogens with zero attached hydrogens (tertiary/aromatic N) is 2.